The second-order valence-corrected chi connectivity index (χ2v) is 8.95. The molecule has 1 aromatic carbocycles. The summed E-state index contributed by atoms with van der Waals surface area (Å²) < 4.78 is 26.9. The number of sulfonamides is 1. The van der Waals surface area contributed by atoms with Gasteiger partial charge in [-0.3, -0.25) is 4.79 Å². The van der Waals surface area contributed by atoms with Crippen molar-refractivity contribution in [2.75, 3.05) is 37.6 Å². The number of pyridine rings is 1. The topological polar surface area (TPSA) is 82.6 Å². The Morgan fingerprint density at radius 3 is 2.46 bits per heavy atom. The van der Waals surface area contributed by atoms with Crippen LogP contribution in [0.2, 0.25) is 10.0 Å². The van der Waals surface area contributed by atoms with Crippen LogP contribution in [0.4, 0.5) is 5.82 Å². The number of hydrogen-bond acceptors (Lipinski definition) is 5. The maximum Gasteiger partial charge on any atom is 0.240 e. The van der Waals surface area contributed by atoms with E-state index >= 15 is 0 Å². The smallest absolute Gasteiger partial charge is 0.240 e. The summed E-state index contributed by atoms with van der Waals surface area (Å²) in [7, 11) is -3.69. The van der Waals surface area contributed by atoms with E-state index in [1.54, 1.807) is 29.3 Å². The summed E-state index contributed by atoms with van der Waals surface area (Å²) in [6.07, 6.45) is 1.69. The number of benzene rings is 1. The second-order valence-electron chi connectivity index (χ2n) is 6.31. The zero-order valence-electron chi connectivity index (χ0n) is 15.0. The molecule has 0 spiro atoms. The Bertz CT molecular complexity index is 930. The van der Waals surface area contributed by atoms with Gasteiger partial charge in [-0.2, -0.15) is 0 Å². The van der Waals surface area contributed by atoms with Gasteiger partial charge in [-0.15, -0.1) is 0 Å². The van der Waals surface area contributed by atoms with E-state index in [0.717, 1.165) is 5.82 Å². The van der Waals surface area contributed by atoms with Crippen LogP contribution >= 0.6 is 23.2 Å². The minimum Gasteiger partial charge on any atom is -0.353 e. The Morgan fingerprint density at radius 1 is 1.07 bits per heavy atom. The van der Waals surface area contributed by atoms with E-state index in [-0.39, 0.29) is 23.8 Å². The molecule has 1 aromatic heterocycles. The number of rotatable bonds is 6. The number of carbonyl (C=O) groups excluding carboxylic acids is 1. The summed E-state index contributed by atoms with van der Waals surface area (Å²) in [6.45, 7) is 2.48. The van der Waals surface area contributed by atoms with Crippen molar-refractivity contribution in [1.29, 1.82) is 0 Å². The lowest BCUT2D eigenvalue weighted by Crippen LogP contribution is -2.49. The first-order chi connectivity index (χ1) is 13.3. The molecule has 1 N–H and O–H groups in total. The van der Waals surface area contributed by atoms with Crippen molar-refractivity contribution in [2.24, 2.45) is 0 Å². The molecule has 28 heavy (non-hydrogen) atoms. The van der Waals surface area contributed by atoms with E-state index in [1.165, 1.54) is 12.1 Å². The van der Waals surface area contributed by atoms with Gasteiger partial charge < -0.3 is 9.80 Å². The first-order valence-corrected chi connectivity index (χ1v) is 11.0. The van der Waals surface area contributed by atoms with Crippen LogP contribution in [0.3, 0.4) is 0 Å². The number of nitrogens with one attached hydrogen (secondary N) is 1. The molecule has 2 aromatic rings. The predicted octanol–water partition coefficient (Wildman–Crippen LogP) is 2.41. The summed E-state index contributed by atoms with van der Waals surface area (Å²) >= 11 is 11.7. The number of amides is 1. The van der Waals surface area contributed by atoms with E-state index in [0.29, 0.717) is 36.2 Å². The van der Waals surface area contributed by atoms with Crippen molar-refractivity contribution in [3.8, 4) is 0 Å². The summed E-state index contributed by atoms with van der Waals surface area (Å²) in [5.74, 6) is 0.739. The molecular weight excluding hydrogens is 423 g/mol. The highest BCUT2D eigenvalue weighted by molar-refractivity contribution is 7.89. The predicted molar refractivity (Wildman–Crippen MR) is 109 cm³/mol. The highest BCUT2D eigenvalue weighted by Crippen LogP contribution is 2.17. The molecule has 2 heterocycles. The Morgan fingerprint density at radius 2 is 1.82 bits per heavy atom. The molecule has 0 unspecified atom stereocenters. The fourth-order valence-corrected chi connectivity index (χ4v) is 4.35. The molecular formula is C18H20Cl2N4O3S. The number of halogens is 2. The van der Waals surface area contributed by atoms with Gasteiger partial charge in [0.2, 0.25) is 15.9 Å². The van der Waals surface area contributed by atoms with Gasteiger partial charge in [-0.05, 0) is 30.3 Å². The van der Waals surface area contributed by atoms with Crippen LogP contribution in [0.5, 0.6) is 0 Å². The van der Waals surface area contributed by atoms with Crippen molar-refractivity contribution in [1.82, 2.24) is 14.6 Å². The van der Waals surface area contributed by atoms with Crippen molar-refractivity contribution in [3.05, 3.63) is 52.6 Å². The largest absolute Gasteiger partial charge is 0.353 e. The lowest BCUT2D eigenvalue weighted by atomic mass is 10.2. The Labute approximate surface area is 174 Å². The molecule has 1 fully saturated rings. The van der Waals surface area contributed by atoms with Gasteiger partial charge in [0.1, 0.15) is 5.82 Å². The van der Waals surface area contributed by atoms with Crippen LogP contribution < -0.4 is 9.62 Å². The Kier molecular flexibility index (Phi) is 6.77. The number of anilines is 1. The third-order valence-electron chi connectivity index (χ3n) is 4.41. The number of piperazine rings is 1. The third kappa shape index (κ3) is 5.35. The van der Waals surface area contributed by atoms with Gasteiger partial charge in [0.25, 0.3) is 0 Å². The minimum atomic E-state index is -3.69. The molecule has 1 aliphatic heterocycles. The molecule has 0 saturated carbocycles. The Balaban J connectivity index is 1.46. The number of carbonyl (C=O) groups is 1. The fourth-order valence-electron chi connectivity index (χ4n) is 2.91. The molecule has 0 radical (unpaired) electrons. The van der Waals surface area contributed by atoms with E-state index in [9.17, 15) is 13.2 Å². The minimum absolute atomic E-state index is 0.0344. The quantitative estimate of drug-likeness (QED) is 0.742. The molecule has 0 bridgehead atoms. The summed E-state index contributed by atoms with van der Waals surface area (Å²) in [5.41, 5.74) is 0. The van der Waals surface area contributed by atoms with Gasteiger partial charge in [-0.25, -0.2) is 18.1 Å². The molecule has 1 saturated heterocycles. The number of hydrogen-bond donors (Lipinski definition) is 1. The third-order valence-corrected chi connectivity index (χ3v) is 6.32. The SMILES string of the molecule is O=C(CCNS(=O)(=O)c1cccc(Cl)c1)N1CCN(c2ccc(Cl)cn2)CC1. The lowest BCUT2D eigenvalue weighted by Gasteiger charge is -2.35. The van der Waals surface area contributed by atoms with Crippen molar-refractivity contribution >= 4 is 45.0 Å². The van der Waals surface area contributed by atoms with Crippen LogP contribution in [0, 0.1) is 0 Å². The molecule has 1 amide bonds. The number of aromatic nitrogens is 1. The zero-order chi connectivity index (χ0) is 20.1. The van der Waals surface area contributed by atoms with E-state index < -0.39 is 10.0 Å². The molecule has 0 atom stereocenters. The van der Waals surface area contributed by atoms with Gasteiger partial charge in [0.15, 0.2) is 0 Å². The maximum absolute atomic E-state index is 12.4. The molecule has 150 valence electrons. The van der Waals surface area contributed by atoms with Crippen LogP contribution in [-0.4, -0.2) is 56.9 Å². The van der Waals surface area contributed by atoms with Crippen molar-refractivity contribution in [3.63, 3.8) is 0 Å². The average molecular weight is 443 g/mol. The van der Waals surface area contributed by atoms with Crippen molar-refractivity contribution in [2.45, 2.75) is 11.3 Å². The van der Waals surface area contributed by atoms with E-state index in [2.05, 4.69) is 14.6 Å². The normalized spacial score (nSPS) is 14.9. The van der Waals surface area contributed by atoms with E-state index in [1.807, 2.05) is 6.07 Å². The standard InChI is InChI=1S/C18H20Cl2N4O3S/c19-14-2-1-3-16(12-14)28(26,27)22-7-6-18(25)24-10-8-23(9-11-24)17-5-4-15(20)13-21-17/h1-5,12-13,22H,6-11H2. The highest BCUT2D eigenvalue weighted by atomic mass is 35.5. The Hall–Kier alpha value is -1.87. The zero-order valence-corrected chi connectivity index (χ0v) is 17.3. The second kappa shape index (κ2) is 9.09. The van der Waals surface area contributed by atoms with Crippen LogP contribution in [-0.2, 0) is 14.8 Å². The van der Waals surface area contributed by atoms with E-state index in [4.69, 9.17) is 23.2 Å². The summed E-state index contributed by atoms with van der Waals surface area (Å²) in [6, 6.07) is 9.63. The van der Waals surface area contributed by atoms with Gasteiger partial charge in [0.05, 0.1) is 9.92 Å². The monoisotopic (exact) mass is 442 g/mol. The molecule has 0 aliphatic carbocycles. The first kappa shape index (κ1) is 20.9. The molecule has 3 rings (SSSR count). The summed E-state index contributed by atoms with van der Waals surface area (Å²) in [4.78, 5) is 20.6. The first-order valence-electron chi connectivity index (χ1n) is 8.75. The lowest BCUT2D eigenvalue weighted by molar-refractivity contribution is -0.131. The van der Waals surface area contributed by atoms with Crippen LogP contribution in [0.15, 0.2) is 47.5 Å². The maximum atomic E-state index is 12.4. The van der Waals surface area contributed by atoms with Crippen LogP contribution in [0.25, 0.3) is 0 Å². The molecule has 1 aliphatic rings. The van der Waals surface area contributed by atoms with Gasteiger partial charge >= 0.3 is 0 Å². The number of nitrogens with zero attached hydrogens (tertiary/aromatic N) is 3. The van der Waals surface area contributed by atoms with Crippen molar-refractivity contribution < 1.29 is 13.2 Å². The summed E-state index contributed by atoms with van der Waals surface area (Å²) in [5, 5.41) is 0.921. The molecule has 7 nitrogen and oxygen atoms in total. The molecule has 10 heteroatoms. The van der Waals surface area contributed by atoms with Crippen LogP contribution in [0.1, 0.15) is 6.42 Å². The van der Waals surface area contributed by atoms with Gasteiger partial charge in [0, 0.05) is 50.4 Å². The van der Waals surface area contributed by atoms with Gasteiger partial charge in [-0.1, -0.05) is 29.3 Å². The fraction of sp³-hybridized carbons (Fsp3) is 0.333. The average Bonchev–Trinajstić information content (AvgIpc) is 2.68. The highest BCUT2D eigenvalue weighted by Gasteiger charge is 2.22.